The van der Waals surface area contributed by atoms with E-state index >= 15 is 0 Å². The molecule has 33 heavy (non-hydrogen) atoms. The minimum atomic E-state index is -0.144. The Morgan fingerprint density at radius 1 is 1.15 bits per heavy atom. The molecule has 1 saturated heterocycles. The summed E-state index contributed by atoms with van der Waals surface area (Å²) in [5.41, 5.74) is 7.35. The van der Waals surface area contributed by atoms with Gasteiger partial charge in [-0.3, -0.25) is 0 Å². The Morgan fingerprint density at radius 2 is 2.00 bits per heavy atom. The summed E-state index contributed by atoms with van der Waals surface area (Å²) in [6.45, 7) is 3.97. The second-order valence-electron chi connectivity index (χ2n) is 8.14. The Kier molecular flexibility index (Phi) is 5.77. The summed E-state index contributed by atoms with van der Waals surface area (Å²) in [4.78, 5) is 21.6. The van der Waals surface area contributed by atoms with E-state index in [1.54, 1.807) is 12.5 Å². The van der Waals surface area contributed by atoms with Crippen molar-refractivity contribution in [2.45, 2.75) is 17.8 Å². The van der Waals surface area contributed by atoms with Gasteiger partial charge < -0.3 is 4.57 Å². The molecular weight excluding hydrogens is 525 g/mol. The van der Waals surface area contributed by atoms with E-state index < -0.39 is 0 Å². The zero-order chi connectivity index (χ0) is 22.9. The predicted molar refractivity (Wildman–Crippen MR) is 124 cm³/mol. The molecule has 6 nitrogen and oxygen atoms in total. The number of halogens is 1. The number of anilines is 1. The Bertz CT molecular complexity index is 1420. The van der Waals surface area contributed by atoms with Crippen LogP contribution in [0.4, 0.5) is 5.69 Å². The van der Waals surface area contributed by atoms with Crippen molar-refractivity contribution >= 4 is 11.6 Å². The van der Waals surface area contributed by atoms with Crippen LogP contribution in [-0.2, 0) is 7.05 Å². The quantitative estimate of drug-likeness (QED) is 0.236. The first-order valence-corrected chi connectivity index (χ1v) is 13.4. The maximum atomic E-state index is 13.1. The first-order valence-electron chi connectivity index (χ1n) is 10.6. The number of aryl methyl sites for hydroxylation is 3. The SMILES string of the molecule is Cc1cn(-c2cc(NC(=O)c3ccc(C)c(C#Cc4cncn4C)c3)cc(C3C[I-]3)c2)cn1. The molecule has 4 aromatic rings. The van der Waals surface area contributed by atoms with E-state index in [4.69, 9.17) is 0 Å². The molecule has 1 aliphatic rings. The van der Waals surface area contributed by atoms with Gasteiger partial charge in [-0.25, -0.2) is 4.98 Å². The average Bonchev–Trinajstić information content (AvgIpc) is 3.44. The molecule has 1 N–H and O–H groups in total. The van der Waals surface area contributed by atoms with Crippen LogP contribution in [0.2, 0.25) is 0 Å². The van der Waals surface area contributed by atoms with Crippen LogP contribution in [0.15, 0.2) is 61.4 Å². The van der Waals surface area contributed by atoms with E-state index in [-0.39, 0.29) is 27.1 Å². The van der Waals surface area contributed by atoms with Crippen LogP contribution in [0, 0.1) is 25.7 Å². The molecule has 1 unspecified atom stereocenters. The van der Waals surface area contributed by atoms with E-state index in [2.05, 4.69) is 39.3 Å². The number of carbonyl (C=O) groups excluding carboxylic acids is 1. The van der Waals surface area contributed by atoms with Gasteiger partial charge in [-0.05, 0) is 0 Å². The zero-order valence-electron chi connectivity index (χ0n) is 18.6. The molecule has 0 bridgehead atoms. The number of hydrogen-bond acceptors (Lipinski definition) is 3. The third-order valence-corrected chi connectivity index (χ3v) is 8.00. The molecule has 0 radical (unpaired) electrons. The van der Waals surface area contributed by atoms with E-state index in [1.807, 2.05) is 66.8 Å². The van der Waals surface area contributed by atoms with Gasteiger partial charge in [0.15, 0.2) is 0 Å². The Morgan fingerprint density at radius 3 is 2.70 bits per heavy atom. The van der Waals surface area contributed by atoms with Gasteiger partial charge in [-0.2, -0.15) is 0 Å². The second kappa shape index (κ2) is 8.87. The monoisotopic (exact) mass is 548 g/mol. The first kappa shape index (κ1) is 21.5. The van der Waals surface area contributed by atoms with Crippen LogP contribution in [0.5, 0.6) is 0 Å². The van der Waals surface area contributed by atoms with Crippen LogP contribution in [0.1, 0.15) is 42.4 Å². The molecule has 0 saturated carbocycles. The van der Waals surface area contributed by atoms with Gasteiger partial charge in [-0.1, -0.05) is 0 Å². The summed E-state index contributed by atoms with van der Waals surface area (Å²) >= 11 is 0.249. The first-order chi connectivity index (χ1) is 16.0. The zero-order valence-corrected chi connectivity index (χ0v) is 20.8. The van der Waals surface area contributed by atoms with Crippen molar-refractivity contribution < 1.29 is 26.0 Å². The van der Waals surface area contributed by atoms with E-state index in [1.165, 1.54) is 9.99 Å². The number of nitrogens with one attached hydrogen (secondary N) is 1. The number of hydrogen-bond donors (Lipinski definition) is 1. The molecule has 1 amide bonds. The van der Waals surface area contributed by atoms with Crippen molar-refractivity contribution in [3.8, 4) is 17.5 Å². The van der Waals surface area contributed by atoms with E-state index in [0.717, 1.165) is 33.9 Å². The van der Waals surface area contributed by atoms with Gasteiger partial charge in [-0.15, -0.1) is 0 Å². The van der Waals surface area contributed by atoms with Crippen LogP contribution < -0.4 is 26.5 Å². The number of nitrogens with zero attached hydrogens (tertiary/aromatic N) is 4. The van der Waals surface area contributed by atoms with Gasteiger partial charge in [0.1, 0.15) is 0 Å². The average molecular weight is 548 g/mol. The minimum absolute atomic E-state index is 0.144. The van der Waals surface area contributed by atoms with Crippen LogP contribution >= 0.6 is 0 Å². The van der Waals surface area contributed by atoms with Crippen LogP contribution in [-0.4, -0.2) is 29.4 Å². The molecule has 2 aromatic heterocycles. The van der Waals surface area contributed by atoms with Crippen molar-refractivity contribution in [1.29, 1.82) is 0 Å². The fraction of sp³-hybridized carbons (Fsp3) is 0.192. The summed E-state index contributed by atoms with van der Waals surface area (Å²) in [6.07, 6.45) is 7.26. The Labute approximate surface area is 203 Å². The number of carbonyl (C=O) groups is 1. The maximum absolute atomic E-state index is 13.1. The molecule has 1 fully saturated rings. The molecule has 1 aliphatic heterocycles. The van der Waals surface area contributed by atoms with Gasteiger partial charge in [0, 0.05) is 7.05 Å². The molecule has 0 spiro atoms. The van der Waals surface area contributed by atoms with Crippen LogP contribution in [0.25, 0.3) is 5.69 Å². The summed E-state index contributed by atoms with van der Waals surface area (Å²) in [7, 11) is 1.91. The van der Waals surface area contributed by atoms with Crippen molar-refractivity contribution in [3.05, 3.63) is 95.1 Å². The Balaban J connectivity index is 1.42. The topological polar surface area (TPSA) is 64.7 Å². The molecule has 0 aliphatic carbocycles. The normalized spacial score (nSPS) is 14.7. The predicted octanol–water partition coefficient (Wildman–Crippen LogP) is 1.02. The molecule has 2 aromatic carbocycles. The number of imidazole rings is 2. The number of aromatic nitrogens is 4. The van der Waals surface area contributed by atoms with Gasteiger partial charge in [0.2, 0.25) is 0 Å². The van der Waals surface area contributed by atoms with Gasteiger partial charge >= 0.3 is 175 Å². The third kappa shape index (κ3) is 4.86. The molecular formula is C26H23IN5O-. The summed E-state index contributed by atoms with van der Waals surface area (Å²) < 4.78 is 5.85. The molecule has 1 atom stereocenters. The second-order valence-corrected chi connectivity index (χ2v) is 11.4. The Hall–Kier alpha value is -3.38. The standard InChI is InChI=1S/C26H23IN5O/c1-17-4-5-20(8-19(17)6-7-23-13-28-15-31(23)3)26(33)30-22-9-21(25-12-27-25)10-24(11-22)32-14-18(2)29-16-32/h4-5,8-11,13-16,25H,12H2,1-3H3,(H,30,33)/q-1. The molecule has 3 heterocycles. The number of alkyl halides is 2. The molecule has 5 rings (SSSR count). The fourth-order valence-electron chi connectivity index (χ4n) is 3.53. The van der Waals surface area contributed by atoms with E-state index in [9.17, 15) is 4.79 Å². The third-order valence-electron chi connectivity index (χ3n) is 5.52. The number of amides is 1. The summed E-state index contributed by atoms with van der Waals surface area (Å²) in [5, 5.41) is 3.10. The molecule has 7 heteroatoms. The van der Waals surface area contributed by atoms with Crippen molar-refractivity contribution in [2.24, 2.45) is 7.05 Å². The fourth-order valence-corrected chi connectivity index (χ4v) is 5.16. The van der Waals surface area contributed by atoms with Crippen LogP contribution in [0.3, 0.4) is 0 Å². The van der Waals surface area contributed by atoms with E-state index in [0.29, 0.717) is 9.49 Å². The van der Waals surface area contributed by atoms with Gasteiger partial charge in [0.25, 0.3) is 0 Å². The molecule has 166 valence electrons. The van der Waals surface area contributed by atoms with Crippen molar-refractivity contribution in [1.82, 2.24) is 19.1 Å². The summed E-state index contributed by atoms with van der Waals surface area (Å²) in [5.74, 6) is 6.17. The number of rotatable bonds is 4. The van der Waals surface area contributed by atoms with Crippen molar-refractivity contribution in [3.63, 3.8) is 0 Å². The summed E-state index contributed by atoms with van der Waals surface area (Å²) in [6, 6.07) is 12.0. The van der Waals surface area contributed by atoms with Gasteiger partial charge in [0.05, 0.1) is 12.5 Å². The van der Waals surface area contributed by atoms with Crippen molar-refractivity contribution in [2.75, 3.05) is 9.74 Å². The number of benzene rings is 2.